The lowest BCUT2D eigenvalue weighted by Crippen LogP contribution is -2.29. The molecule has 2 rings (SSSR count). The summed E-state index contributed by atoms with van der Waals surface area (Å²) in [6.45, 7) is 2.87. The third-order valence-electron chi connectivity index (χ3n) is 3.89. The Morgan fingerprint density at radius 2 is 1.48 bits per heavy atom. The van der Waals surface area contributed by atoms with Crippen LogP contribution in [0.1, 0.15) is 11.1 Å². The number of methoxy groups -OCH3 is 3. The summed E-state index contributed by atoms with van der Waals surface area (Å²) in [4.78, 5) is 2.28. The lowest BCUT2D eigenvalue weighted by atomic mass is 10.1. The fourth-order valence-electron chi connectivity index (χ4n) is 2.70. The fourth-order valence-corrected chi connectivity index (χ4v) is 2.70. The standard InChI is InChI=1S/C19H26N2O3.ClH/c1-22-16-11-18(23-2)17(19(12-16)24-3)14-21(10-9-20)13-15-7-5-4-6-8-15;/h4-8,11-12H,9-10,13-14,20H2,1-3H3;1H. The van der Waals surface area contributed by atoms with Gasteiger partial charge in [-0.2, -0.15) is 0 Å². The second-order valence-corrected chi connectivity index (χ2v) is 5.50. The van der Waals surface area contributed by atoms with Gasteiger partial charge in [0.25, 0.3) is 0 Å². The van der Waals surface area contributed by atoms with Crippen LogP contribution < -0.4 is 19.9 Å². The van der Waals surface area contributed by atoms with Crippen LogP contribution in [0, 0.1) is 0 Å². The summed E-state index contributed by atoms with van der Waals surface area (Å²) in [5, 5.41) is 0. The third-order valence-corrected chi connectivity index (χ3v) is 3.89. The first-order chi connectivity index (χ1) is 11.7. The molecule has 0 aliphatic rings. The normalized spacial score (nSPS) is 10.3. The van der Waals surface area contributed by atoms with Crippen LogP contribution in [-0.4, -0.2) is 39.3 Å². The molecule has 25 heavy (non-hydrogen) atoms. The van der Waals surface area contributed by atoms with E-state index in [1.54, 1.807) is 21.3 Å². The van der Waals surface area contributed by atoms with Crippen molar-refractivity contribution in [3.63, 3.8) is 0 Å². The van der Waals surface area contributed by atoms with Gasteiger partial charge < -0.3 is 19.9 Å². The quantitative estimate of drug-likeness (QED) is 0.739. The smallest absolute Gasteiger partial charge is 0.130 e. The van der Waals surface area contributed by atoms with Crippen LogP contribution in [0.3, 0.4) is 0 Å². The molecule has 0 radical (unpaired) electrons. The molecule has 0 bridgehead atoms. The number of rotatable bonds is 9. The first-order valence-electron chi connectivity index (χ1n) is 7.97. The molecule has 2 aromatic carbocycles. The maximum absolute atomic E-state index is 5.80. The highest BCUT2D eigenvalue weighted by molar-refractivity contribution is 5.85. The molecular formula is C19H27ClN2O3. The number of hydrogen-bond donors (Lipinski definition) is 1. The molecule has 0 unspecified atom stereocenters. The highest BCUT2D eigenvalue weighted by Gasteiger charge is 2.17. The Hall–Kier alpha value is -1.95. The Morgan fingerprint density at radius 3 is 1.96 bits per heavy atom. The van der Waals surface area contributed by atoms with E-state index in [2.05, 4.69) is 17.0 Å². The van der Waals surface area contributed by atoms with Crippen LogP contribution in [0.15, 0.2) is 42.5 Å². The Kier molecular flexibility index (Phi) is 9.13. The summed E-state index contributed by atoms with van der Waals surface area (Å²) in [6, 6.07) is 14.1. The maximum Gasteiger partial charge on any atom is 0.130 e. The van der Waals surface area contributed by atoms with Gasteiger partial charge in [-0.15, -0.1) is 12.4 Å². The molecule has 6 heteroatoms. The van der Waals surface area contributed by atoms with E-state index in [0.717, 1.165) is 30.2 Å². The van der Waals surface area contributed by atoms with E-state index in [1.165, 1.54) is 5.56 Å². The molecule has 0 saturated heterocycles. The first kappa shape index (κ1) is 21.1. The van der Waals surface area contributed by atoms with E-state index in [-0.39, 0.29) is 12.4 Å². The van der Waals surface area contributed by atoms with E-state index in [9.17, 15) is 0 Å². The van der Waals surface area contributed by atoms with Crippen LogP contribution in [0.4, 0.5) is 0 Å². The van der Waals surface area contributed by atoms with Crippen LogP contribution in [0.5, 0.6) is 17.2 Å². The van der Waals surface area contributed by atoms with Crippen molar-refractivity contribution in [3.05, 3.63) is 53.6 Å². The fraction of sp³-hybridized carbons (Fsp3) is 0.368. The predicted octanol–water partition coefficient (Wildman–Crippen LogP) is 3.10. The number of nitrogens with zero attached hydrogens (tertiary/aromatic N) is 1. The van der Waals surface area contributed by atoms with Crippen molar-refractivity contribution >= 4 is 12.4 Å². The summed E-state index contributed by atoms with van der Waals surface area (Å²) in [6.07, 6.45) is 0. The van der Waals surface area contributed by atoms with Crippen molar-refractivity contribution in [1.82, 2.24) is 4.90 Å². The minimum absolute atomic E-state index is 0. The molecule has 138 valence electrons. The van der Waals surface area contributed by atoms with Gasteiger partial charge in [0.15, 0.2) is 0 Å². The van der Waals surface area contributed by atoms with Crippen LogP contribution >= 0.6 is 12.4 Å². The first-order valence-corrected chi connectivity index (χ1v) is 7.97. The molecule has 5 nitrogen and oxygen atoms in total. The summed E-state index contributed by atoms with van der Waals surface area (Å²) >= 11 is 0. The lowest BCUT2D eigenvalue weighted by molar-refractivity contribution is 0.253. The average molecular weight is 367 g/mol. The van der Waals surface area contributed by atoms with E-state index >= 15 is 0 Å². The zero-order chi connectivity index (χ0) is 17.4. The minimum atomic E-state index is 0. The van der Waals surface area contributed by atoms with Gasteiger partial charge in [0, 0.05) is 38.3 Å². The van der Waals surface area contributed by atoms with E-state index in [1.807, 2.05) is 30.3 Å². The second kappa shape index (κ2) is 10.8. The van der Waals surface area contributed by atoms with E-state index in [0.29, 0.717) is 18.8 Å². The average Bonchev–Trinajstić information content (AvgIpc) is 2.62. The summed E-state index contributed by atoms with van der Waals surface area (Å²) in [5.41, 5.74) is 8.04. The number of hydrogen-bond acceptors (Lipinski definition) is 5. The zero-order valence-electron chi connectivity index (χ0n) is 15.0. The van der Waals surface area contributed by atoms with Crippen molar-refractivity contribution < 1.29 is 14.2 Å². The minimum Gasteiger partial charge on any atom is -0.496 e. The Labute approximate surface area is 156 Å². The molecule has 2 N–H and O–H groups in total. The van der Waals surface area contributed by atoms with Gasteiger partial charge in [0.1, 0.15) is 17.2 Å². The molecule has 2 aromatic rings. The van der Waals surface area contributed by atoms with Crippen LogP contribution in [0.25, 0.3) is 0 Å². The molecular weight excluding hydrogens is 340 g/mol. The van der Waals surface area contributed by atoms with Crippen molar-refractivity contribution in [2.24, 2.45) is 5.73 Å². The van der Waals surface area contributed by atoms with Crippen molar-refractivity contribution in [1.29, 1.82) is 0 Å². The number of ether oxygens (including phenoxy) is 3. The van der Waals surface area contributed by atoms with Gasteiger partial charge in [-0.05, 0) is 5.56 Å². The highest BCUT2D eigenvalue weighted by Crippen LogP contribution is 2.35. The molecule has 0 spiro atoms. The monoisotopic (exact) mass is 366 g/mol. The van der Waals surface area contributed by atoms with Gasteiger partial charge in [-0.3, -0.25) is 4.90 Å². The number of benzene rings is 2. The summed E-state index contributed by atoms with van der Waals surface area (Å²) < 4.78 is 16.4. The highest BCUT2D eigenvalue weighted by atomic mass is 35.5. The van der Waals surface area contributed by atoms with Crippen molar-refractivity contribution in [2.45, 2.75) is 13.1 Å². The Morgan fingerprint density at radius 1 is 0.880 bits per heavy atom. The Balaban J connectivity index is 0.00000312. The third kappa shape index (κ3) is 5.81. The topological polar surface area (TPSA) is 57.0 Å². The predicted molar refractivity (Wildman–Crippen MR) is 103 cm³/mol. The largest absolute Gasteiger partial charge is 0.496 e. The lowest BCUT2D eigenvalue weighted by Gasteiger charge is -2.24. The van der Waals surface area contributed by atoms with Gasteiger partial charge in [0.05, 0.1) is 26.9 Å². The van der Waals surface area contributed by atoms with Gasteiger partial charge in [-0.25, -0.2) is 0 Å². The van der Waals surface area contributed by atoms with Crippen molar-refractivity contribution in [2.75, 3.05) is 34.4 Å². The second-order valence-electron chi connectivity index (χ2n) is 5.50. The molecule has 0 heterocycles. The molecule has 0 fully saturated rings. The zero-order valence-corrected chi connectivity index (χ0v) is 15.8. The number of nitrogens with two attached hydrogens (primary N) is 1. The van der Waals surface area contributed by atoms with Gasteiger partial charge >= 0.3 is 0 Å². The molecule has 0 aromatic heterocycles. The number of halogens is 1. The van der Waals surface area contributed by atoms with Crippen molar-refractivity contribution in [3.8, 4) is 17.2 Å². The molecule has 0 atom stereocenters. The molecule has 0 amide bonds. The van der Waals surface area contributed by atoms with E-state index in [4.69, 9.17) is 19.9 Å². The van der Waals surface area contributed by atoms with Gasteiger partial charge in [0.2, 0.25) is 0 Å². The summed E-state index contributed by atoms with van der Waals surface area (Å²) in [5.74, 6) is 2.21. The maximum atomic E-state index is 5.80. The summed E-state index contributed by atoms with van der Waals surface area (Å²) in [7, 11) is 4.94. The van der Waals surface area contributed by atoms with Crippen LogP contribution in [-0.2, 0) is 13.1 Å². The van der Waals surface area contributed by atoms with Gasteiger partial charge in [-0.1, -0.05) is 30.3 Å². The molecule has 0 aliphatic carbocycles. The molecule has 0 saturated carbocycles. The Bertz CT molecular complexity index is 613. The SMILES string of the molecule is COc1cc(OC)c(CN(CCN)Cc2ccccc2)c(OC)c1.Cl. The van der Waals surface area contributed by atoms with E-state index < -0.39 is 0 Å². The van der Waals surface area contributed by atoms with Crippen LogP contribution in [0.2, 0.25) is 0 Å². The molecule has 0 aliphatic heterocycles.